The fourth-order valence-corrected chi connectivity index (χ4v) is 1.82. The van der Waals surface area contributed by atoms with Gasteiger partial charge in [0.1, 0.15) is 12.2 Å². The van der Waals surface area contributed by atoms with Gasteiger partial charge in [0, 0.05) is 0 Å². The van der Waals surface area contributed by atoms with Crippen molar-refractivity contribution in [2.24, 2.45) is 0 Å². The zero-order valence-corrected chi connectivity index (χ0v) is 11.1. The standard InChI is InChI=1S/C16H17FO2/c1-12-8-9-14(17)15(10-12)19-11-16(2,18)13-6-4-3-5-7-13/h3-10,18H,11H2,1-2H3. The first-order valence-electron chi connectivity index (χ1n) is 6.16. The molecule has 0 spiro atoms. The predicted molar refractivity (Wildman–Crippen MR) is 72.6 cm³/mol. The summed E-state index contributed by atoms with van der Waals surface area (Å²) in [7, 11) is 0. The van der Waals surface area contributed by atoms with E-state index in [0.717, 1.165) is 11.1 Å². The quantitative estimate of drug-likeness (QED) is 0.912. The van der Waals surface area contributed by atoms with Gasteiger partial charge in [-0.3, -0.25) is 0 Å². The molecular formula is C16H17FO2. The van der Waals surface area contributed by atoms with Gasteiger partial charge in [-0.15, -0.1) is 0 Å². The average molecular weight is 260 g/mol. The van der Waals surface area contributed by atoms with E-state index >= 15 is 0 Å². The van der Waals surface area contributed by atoms with Crippen molar-refractivity contribution in [1.82, 2.24) is 0 Å². The summed E-state index contributed by atoms with van der Waals surface area (Å²) < 4.78 is 19.0. The molecule has 0 fully saturated rings. The maximum absolute atomic E-state index is 13.5. The number of hydrogen-bond donors (Lipinski definition) is 1. The fourth-order valence-electron chi connectivity index (χ4n) is 1.82. The molecule has 0 saturated carbocycles. The van der Waals surface area contributed by atoms with Gasteiger partial charge < -0.3 is 9.84 Å². The Kier molecular flexibility index (Phi) is 3.86. The topological polar surface area (TPSA) is 29.5 Å². The third kappa shape index (κ3) is 3.32. The van der Waals surface area contributed by atoms with Crippen molar-refractivity contribution in [3.8, 4) is 5.75 Å². The number of benzene rings is 2. The van der Waals surface area contributed by atoms with Crippen LogP contribution in [0.25, 0.3) is 0 Å². The van der Waals surface area contributed by atoms with Crippen molar-refractivity contribution in [1.29, 1.82) is 0 Å². The number of hydrogen-bond acceptors (Lipinski definition) is 2. The molecule has 100 valence electrons. The highest BCUT2D eigenvalue weighted by atomic mass is 19.1. The summed E-state index contributed by atoms with van der Waals surface area (Å²) in [4.78, 5) is 0. The maximum atomic E-state index is 13.5. The Labute approximate surface area is 112 Å². The predicted octanol–water partition coefficient (Wildman–Crippen LogP) is 3.42. The Hall–Kier alpha value is -1.87. The number of rotatable bonds is 4. The molecule has 1 atom stereocenters. The largest absolute Gasteiger partial charge is 0.487 e. The molecule has 19 heavy (non-hydrogen) atoms. The summed E-state index contributed by atoms with van der Waals surface area (Å²) in [5, 5.41) is 10.4. The molecule has 0 aliphatic heterocycles. The molecule has 1 N–H and O–H groups in total. The van der Waals surface area contributed by atoms with Crippen molar-refractivity contribution in [3.63, 3.8) is 0 Å². The molecule has 0 aliphatic carbocycles. The van der Waals surface area contributed by atoms with Crippen LogP contribution in [0, 0.1) is 12.7 Å². The fraction of sp³-hybridized carbons (Fsp3) is 0.250. The van der Waals surface area contributed by atoms with Crippen LogP contribution in [0.2, 0.25) is 0 Å². The monoisotopic (exact) mass is 260 g/mol. The number of aliphatic hydroxyl groups is 1. The Bertz CT molecular complexity index is 550. The highest BCUT2D eigenvalue weighted by molar-refractivity contribution is 5.30. The van der Waals surface area contributed by atoms with Gasteiger partial charge in [0.15, 0.2) is 11.6 Å². The van der Waals surface area contributed by atoms with E-state index in [9.17, 15) is 9.50 Å². The van der Waals surface area contributed by atoms with Gasteiger partial charge >= 0.3 is 0 Å². The first-order chi connectivity index (χ1) is 8.99. The molecule has 0 saturated heterocycles. The summed E-state index contributed by atoms with van der Waals surface area (Å²) in [5.74, 6) is -0.259. The minimum atomic E-state index is -1.16. The Morgan fingerprint density at radius 3 is 2.53 bits per heavy atom. The smallest absolute Gasteiger partial charge is 0.165 e. The van der Waals surface area contributed by atoms with Crippen LogP contribution in [0.15, 0.2) is 48.5 Å². The lowest BCUT2D eigenvalue weighted by molar-refractivity contribution is 0.00641. The SMILES string of the molecule is Cc1ccc(F)c(OCC(C)(O)c2ccccc2)c1. The van der Waals surface area contributed by atoms with Crippen LogP contribution in [0.5, 0.6) is 5.75 Å². The lowest BCUT2D eigenvalue weighted by Crippen LogP contribution is -2.29. The highest BCUT2D eigenvalue weighted by Crippen LogP contribution is 2.24. The van der Waals surface area contributed by atoms with E-state index in [1.54, 1.807) is 19.1 Å². The third-order valence-corrected chi connectivity index (χ3v) is 2.99. The lowest BCUT2D eigenvalue weighted by atomic mass is 9.97. The normalized spacial score (nSPS) is 13.9. The third-order valence-electron chi connectivity index (χ3n) is 2.99. The van der Waals surface area contributed by atoms with Gasteiger partial charge in [0.2, 0.25) is 0 Å². The molecule has 0 heterocycles. The van der Waals surface area contributed by atoms with E-state index in [-0.39, 0.29) is 12.4 Å². The molecule has 0 aromatic heterocycles. The Balaban J connectivity index is 2.12. The van der Waals surface area contributed by atoms with Crippen LogP contribution < -0.4 is 4.74 Å². The minimum Gasteiger partial charge on any atom is -0.487 e. The summed E-state index contributed by atoms with van der Waals surface area (Å²) in [6.45, 7) is 3.51. The van der Waals surface area contributed by atoms with Crippen molar-refractivity contribution >= 4 is 0 Å². The summed E-state index contributed by atoms with van der Waals surface area (Å²) in [6, 6.07) is 13.9. The van der Waals surface area contributed by atoms with Crippen molar-refractivity contribution < 1.29 is 14.2 Å². The second kappa shape index (κ2) is 5.41. The van der Waals surface area contributed by atoms with E-state index in [4.69, 9.17) is 4.74 Å². The van der Waals surface area contributed by atoms with E-state index in [1.165, 1.54) is 6.07 Å². The summed E-state index contributed by atoms with van der Waals surface area (Å²) >= 11 is 0. The second-order valence-corrected chi connectivity index (χ2v) is 4.86. The summed E-state index contributed by atoms with van der Waals surface area (Å²) in [5.41, 5.74) is 0.496. The Morgan fingerprint density at radius 2 is 1.84 bits per heavy atom. The number of halogens is 1. The van der Waals surface area contributed by atoms with Crippen LogP contribution in [-0.4, -0.2) is 11.7 Å². The molecule has 0 aliphatic rings. The molecule has 1 unspecified atom stereocenters. The average Bonchev–Trinajstić information content (AvgIpc) is 2.41. The Morgan fingerprint density at radius 1 is 1.16 bits per heavy atom. The molecule has 2 nitrogen and oxygen atoms in total. The zero-order chi connectivity index (χ0) is 13.9. The van der Waals surface area contributed by atoms with Crippen LogP contribution in [0.4, 0.5) is 4.39 Å². The van der Waals surface area contributed by atoms with Crippen LogP contribution >= 0.6 is 0 Å². The zero-order valence-electron chi connectivity index (χ0n) is 11.1. The van der Waals surface area contributed by atoms with E-state index in [1.807, 2.05) is 37.3 Å². The molecule has 0 radical (unpaired) electrons. The molecule has 2 rings (SSSR count). The van der Waals surface area contributed by atoms with Crippen molar-refractivity contribution in [2.75, 3.05) is 6.61 Å². The maximum Gasteiger partial charge on any atom is 0.165 e. The van der Waals surface area contributed by atoms with E-state index < -0.39 is 11.4 Å². The second-order valence-electron chi connectivity index (χ2n) is 4.86. The molecule has 3 heteroatoms. The van der Waals surface area contributed by atoms with Gasteiger partial charge in [-0.05, 0) is 37.1 Å². The van der Waals surface area contributed by atoms with Gasteiger partial charge in [-0.2, -0.15) is 0 Å². The van der Waals surface area contributed by atoms with Crippen LogP contribution in [0.3, 0.4) is 0 Å². The van der Waals surface area contributed by atoms with Gasteiger partial charge in [0.25, 0.3) is 0 Å². The number of aryl methyl sites for hydroxylation is 1. The van der Waals surface area contributed by atoms with Crippen molar-refractivity contribution in [2.45, 2.75) is 19.4 Å². The van der Waals surface area contributed by atoms with E-state index in [2.05, 4.69) is 0 Å². The van der Waals surface area contributed by atoms with Gasteiger partial charge in [0.05, 0.1) is 0 Å². The lowest BCUT2D eigenvalue weighted by Gasteiger charge is -2.24. The number of ether oxygens (including phenoxy) is 1. The highest BCUT2D eigenvalue weighted by Gasteiger charge is 2.24. The summed E-state index contributed by atoms with van der Waals surface area (Å²) in [6.07, 6.45) is 0. The van der Waals surface area contributed by atoms with E-state index in [0.29, 0.717) is 0 Å². The minimum absolute atomic E-state index is 0.00259. The molecule has 0 bridgehead atoms. The molecule has 2 aromatic carbocycles. The van der Waals surface area contributed by atoms with Gasteiger partial charge in [-0.1, -0.05) is 36.4 Å². The van der Waals surface area contributed by atoms with Crippen molar-refractivity contribution in [3.05, 3.63) is 65.5 Å². The first kappa shape index (κ1) is 13.6. The molecule has 0 amide bonds. The van der Waals surface area contributed by atoms with Gasteiger partial charge in [-0.25, -0.2) is 4.39 Å². The molecular weight excluding hydrogens is 243 g/mol. The van der Waals surface area contributed by atoms with Crippen LogP contribution in [-0.2, 0) is 5.60 Å². The van der Waals surface area contributed by atoms with Crippen LogP contribution in [0.1, 0.15) is 18.1 Å². The first-order valence-corrected chi connectivity index (χ1v) is 6.16. The molecule has 2 aromatic rings.